The monoisotopic (exact) mass is 280 g/mol. The molecule has 1 unspecified atom stereocenters. The van der Waals surface area contributed by atoms with E-state index < -0.39 is 0 Å². The van der Waals surface area contributed by atoms with Crippen LogP contribution in [0.25, 0.3) is 0 Å². The van der Waals surface area contributed by atoms with Gasteiger partial charge in [0.05, 0.1) is 12.4 Å². The smallest absolute Gasteiger partial charge is 0.221 e. The summed E-state index contributed by atoms with van der Waals surface area (Å²) in [5, 5.41) is 6.40. The molecule has 0 saturated carbocycles. The normalized spacial score (nSPS) is 13.5. The van der Waals surface area contributed by atoms with Gasteiger partial charge in [-0.2, -0.15) is 0 Å². The highest BCUT2D eigenvalue weighted by Crippen LogP contribution is 2.20. The van der Waals surface area contributed by atoms with E-state index in [1.165, 1.54) is 0 Å². The van der Waals surface area contributed by atoms with Gasteiger partial charge < -0.3 is 15.2 Å². The van der Waals surface area contributed by atoms with Crippen molar-refractivity contribution in [3.63, 3.8) is 0 Å². The van der Waals surface area contributed by atoms with Crippen LogP contribution in [0.3, 0.4) is 0 Å². The van der Waals surface area contributed by atoms with Crippen molar-refractivity contribution in [1.82, 2.24) is 20.2 Å². The number of rotatable bonds is 7. The molecule has 5 heteroatoms. The highest BCUT2D eigenvalue weighted by Gasteiger charge is 2.26. The number of amides is 1. The molecule has 0 aliphatic heterocycles. The number of hydrogen-bond acceptors (Lipinski definition) is 3. The van der Waals surface area contributed by atoms with Crippen LogP contribution in [0.5, 0.6) is 0 Å². The summed E-state index contributed by atoms with van der Waals surface area (Å²) in [5.74, 6) is 0.0955. The Hall–Kier alpha value is -1.36. The molecule has 0 radical (unpaired) electrons. The van der Waals surface area contributed by atoms with E-state index in [4.69, 9.17) is 0 Å². The first-order valence-electron chi connectivity index (χ1n) is 7.27. The van der Waals surface area contributed by atoms with E-state index in [-0.39, 0.29) is 17.4 Å². The molecule has 1 aromatic rings. The van der Waals surface area contributed by atoms with E-state index in [2.05, 4.69) is 50.2 Å². The Morgan fingerprint density at radius 1 is 1.35 bits per heavy atom. The summed E-state index contributed by atoms with van der Waals surface area (Å²) < 4.78 is 2.00. The van der Waals surface area contributed by atoms with Gasteiger partial charge in [0.15, 0.2) is 0 Å². The maximum Gasteiger partial charge on any atom is 0.221 e. The fourth-order valence-electron chi connectivity index (χ4n) is 1.88. The lowest BCUT2D eigenvalue weighted by molar-refractivity contribution is -0.122. The molecule has 0 saturated heterocycles. The van der Waals surface area contributed by atoms with E-state index in [1.54, 1.807) is 12.5 Å². The van der Waals surface area contributed by atoms with E-state index >= 15 is 0 Å². The SMILES string of the molecule is CC(C)NCCC(=O)NC(Cn1ccnc1)C(C)(C)C. The second-order valence-electron chi connectivity index (χ2n) is 6.60. The third-order valence-electron chi connectivity index (χ3n) is 3.24. The molecule has 20 heavy (non-hydrogen) atoms. The zero-order valence-electron chi connectivity index (χ0n) is 13.3. The molecule has 1 aromatic heterocycles. The number of nitrogens with zero attached hydrogens (tertiary/aromatic N) is 2. The molecule has 2 N–H and O–H groups in total. The maximum atomic E-state index is 12.0. The lowest BCUT2D eigenvalue weighted by atomic mass is 9.86. The first-order valence-corrected chi connectivity index (χ1v) is 7.27. The van der Waals surface area contributed by atoms with E-state index in [0.717, 1.165) is 6.54 Å². The third-order valence-corrected chi connectivity index (χ3v) is 3.24. The van der Waals surface area contributed by atoms with Gasteiger partial charge in [-0.15, -0.1) is 0 Å². The molecular weight excluding hydrogens is 252 g/mol. The van der Waals surface area contributed by atoms with Crippen molar-refractivity contribution in [2.45, 2.75) is 59.7 Å². The van der Waals surface area contributed by atoms with Crippen molar-refractivity contribution in [2.75, 3.05) is 6.54 Å². The van der Waals surface area contributed by atoms with Gasteiger partial charge >= 0.3 is 0 Å². The van der Waals surface area contributed by atoms with Gasteiger partial charge in [-0.3, -0.25) is 4.79 Å². The highest BCUT2D eigenvalue weighted by molar-refractivity contribution is 5.76. The summed E-state index contributed by atoms with van der Waals surface area (Å²) in [4.78, 5) is 16.1. The average Bonchev–Trinajstić information content (AvgIpc) is 2.79. The Kier molecular flexibility index (Phi) is 6.20. The summed E-state index contributed by atoms with van der Waals surface area (Å²) in [5.41, 5.74) is 0.00536. The molecule has 0 fully saturated rings. The van der Waals surface area contributed by atoms with Crippen LogP contribution < -0.4 is 10.6 Å². The van der Waals surface area contributed by atoms with Crippen molar-refractivity contribution >= 4 is 5.91 Å². The first kappa shape index (κ1) is 16.7. The number of nitrogens with one attached hydrogen (secondary N) is 2. The average molecular weight is 280 g/mol. The van der Waals surface area contributed by atoms with E-state index in [1.807, 2.05) is 10.8 Å². The van der Waals surface area contributed by atoms with Crippen molar-refractivity contribution in [3.05, 3.63) is 18.7 Å². The Morgan fingerprint density at radius 3 is 2.55 bits per heavy atom. The second-order valence-corrected chi connectivity index (χ2v) is 6.60. The summed E-state index contributed by atoms with van der Waals surface area (Å²) >= 11 is 0. The molecule has 1 amide bonds. The van der Waals surface area contributed by atoms with Crippen LogP contribution in [0, 0.1) is 5.41 Å². The summed E-state index contributed by atoms with van der Waals surface area (Å²) in [7, 11) is 0. The Bertz CT molecular complexity index is 393. The van der Waals surface area contributed by atoms with Gasteiger partial charge in [-0.05, 0) is 5.41 Å². The van der Waals surface area contributed by atoms with Crippen LogP contribution in [-0.4, -0.2) is 34.1 Å². The minimum Gasteiger partial charge on any atom is -0.351 e. The Morgan fingerprint density at radius 2 is 2.05 bits per heavy atom. The summed E-state index contributed by atoms with van der Waals surface area (Å²) in [6.45, 7) is 12.0. The van der Waals surface area contributed by atoms with Crippen LogP contribution >= 0.6 is 0 Å². The minimum absolute atomic E-state index is 0.00536. The zero-order chi connectivity index (χ0) is 15.2. The molecular formula is C15H28N4O. The van der Waals surface area contributed by atoms with Crippen LogP contribution in [-0.2, 0) is 11.3 Å². The first-order chi connectivity index (χ1) is 9.29. The second kappa shape index (κ2) is 7.43. The van der Waals surface area contributed by atoms with Gasteiger partial charge in [0.25, 0.3) is 0 Å². The minimum atomic E-state index is 0.00536. The number of carbonyl (C=O) groups excluding carboxylic acids is 1. The molecule has 0 aliphatic rings. The number of imidazole rings is 1. The molecule has 0 aromatic carbocycles. The molecule has 1 heterocycles. The van der Waals surface area contributed by atoms with Crippen LogP contribution in [0.1, 0.15) is 41.0 Å². The molecule has 0 aliphatic carbocycles. The number of hydrogen-bond donors (Lipinski definition) is 2. The van der Waals surface area contributed by atoms with E-state index in [0.29, 0.717) is 19.0 Å². The lowest BCUT2D eigenvalue weighted by Crippen LogP contribution is -2.47. The lowest BCUT2D eigenvalue weighted by Gasteiger charge is -2.32. The van der Waals surface area contributed by atoms with Crippen molar-refractivity contribution in [1.29, 1.82) is 0 Å². The predicted molar refractivity (Wildman–Crippen MR) is 81.4 cm³/mol. The third kappa shape index (κ3) is 6.19. The number of carbonyl (C=O) groups is 1. The zero-order valence-corrected chi connectivity index (χ0v) is 13.3. The Labute approximate surface area is 122 Å². The predicted octanol–water partition coefficient (Wildman–Crippen LogP) is 1.80. The molecule has 1 atom stereocenters. The fourth-order valence-corrected chi connectivity index (χ4v) is 1.88. The molecule has 0 bridgehead atoms. The number of aromatic nitrogens is 2. The van der Waals surface area contributed by atoms with Gasteiger partial charge in [0.2, 0.25) is 5.91 Å². The topological polar surface area (TPSA) is 59.0 Å². The van der Waals surface area contributed by atoms with Gasteiger partial charge in [-0.1, -0.05) is 34.6 Å². The summed E-state index contributed by atoms with van der Waals surface area (Å²) in [6.07, 6.45) is 5.97. The van der Waals surface area contributed by atoms with Crippen LogP contribution in [0.2, 0.25) is 0 Å². The Balaban J connectivity index is 2.50. The van der Waals surface area contributed by atoms with Gasteiger partial charge in [0.1, 0.15) is 0 Å². The van der Waals surface area contributed by atoms with Gasteiger partial charge in [-0.25, -0.2) is 4.98 Å². The van der Waals surface area contributed by atoms with Crippen molar-refractivity contribution in [3.8, 4) is 0 Å². The quantitative estimate of drug-likeness (QED) is 0.801. The molecule has 5 nitrogen and oxygen atoms in total. The van der Waals surface area contributed by atoms with Gasteiger partial charge in [0, 0.05) is 37.9 Å². The summed E-state index contributed by atoms with van der Waals surface area (Å²) in [6, 6.07) is 0.496. The van der Waals surface area contributed by atoms with E-state index in [9.17, 15) is 4.79 Å². The largest absolute Gasteiger partial charge is 0.351 e. The molecule has 1 rings (SSSR count). The van der Waals surface area contributed by atoms with Crippen molar-refractivity contribution in [2.24, 2.45) is 5.41 Å². The standard InChI is InChI=1S/C15H28N4O/c1-12(2)17-7-6-14(20)18-13(15(3,4)5)10-19-9-8-16-11-19/h8-9,11-13,17H,6-7,10H2,1-5H3,(H,18,20). The van der Waals surface area contributed by atoms with Crippen LogP contribution in [0.15, 0.2) is 18.7 Å². The molecule has 114 valence electrons. The molecule has 0 spiro atoms. The van der Waals surface area contributed by atoms with Crippen LogP contribution in [0.4, 0.5) is 0 Å². The fraction of sp³-hybridized carbons (Fsp3) is 0.733. The van der Waals surface area contributed by atoms with Crippen molar-refractivity contribution < 1.29 is 4.79 Å². The maximum absolute atomic E-state index is 12.0. The highest BCUT2D eigenvalue weighted by atomic mass is 16.1.